The van der Waals surface area contributed by atoms with Crippen LogP contribution in [0, 0.1) is 0 Å². The molecule has 0 saturated carbocycles. The number of hydrogen-bond acceptors (Lipinski definition) is 3. The lowest BCUT2D eigenvalue weighted by Crippen LogP contribution is -2.04. The highest BCUT2D eigenvalue weighted by Crippen LogP contribution is 2.20. The summed E-state index contributed by atoms with van der Waals surface area (Å²) in [6, 6.07) is 13.0. The van der Waals surface area contributed by atoms with E-state index in [1.165, 1.54) is 6.92 Å². The van der Waals surface area contributed by atoms with Crippen LogP contribution in [-0.4, -0.2) is 5.78 Å². The first-order valence-electron chi connectivity index (χ1n) is 5.95. The molecule has 0 unspecified atom stereocenters. The summed E-state index contributed by atoms with van der Waals surface area (Å²) in [6.45, 7) is 2.10. The fraction of sp³-hybridized carbons (Fsp3) is 0.133. The van der Waals surface area contributed by atoms with Gasteiger partial charge in [0.05, 0.1) is 0 Å². The second kappa shape index (κ2) is 5.76. The van der Waals surface area contributed by atoms with Crippen molar-refractivity contribution in [3.05, 3.63) is 58.6 Å². The molecule has 0 amide bonds. The Labute approximate surface area is 117 Å². The van der Waals surface area contributed by atoms with Gasteiger partial charge in [0.25, 0.3) is 0 Å². The molecule has 0 bridgehead atoms. The summed E-state index contributed by atoms with van der Waals surface area (Å²) in [6.07, 6.45) is 0. The van der Waals surface area contributed by atoms with Gasteiger partial charge in [-0.05, 0) is 36.8 Å². The molecule has 0 aliphatic heterocycles. The van der Waals surface area contributed by atoms with Crippen molar-refractivity contribution in [3.8, 4) is 0 Å². The van der Waals surface area contributed by atoms with E-state index in [1.54, 1.807) is 12.1 Å². The maximum atomic E-state index is 11.4. The van der Waals surface area contributed by atoms with E-state index in [-0.39, 0.29) is 5.78 Å². The molecule has 0 spiro atoms. The quantitative estimate of drug-likeness (QED) is 0.660. The summed E-state index contributed by atoms with van der Waals surface area (Å²) < 4.78 is 0. The van der Waals surface area contributed by atoms with Crippen LogP contribution in [0.15, 0.2) is 42.5 Å². The van der Waals surface area contributed by atoms with Gasteiger partial charge in [-0.1, -0.05) is 29.8 Å². The molecule has 4 heteroatoms. The Balaban J connectivity index is 2.14. The molecule has 0 aromatic heterocycles. The van der Waals surface area contributed by atoms with Crippen molar-refractivity contribution >= 4 is 28.8 Å². The van der Waals surface area contributed by atoms with Gasteiger partial charge in [0.2, 0.25) is 0 Å². The highest BCUT2D eigenvalue weighted by molar-refractivity contribution is 6.31. The SMILES string of the molecule is CC(=O)c1cc(NCc2ccccc2Cl)ccc1N. The van der Waals surface area contributed by atoms with E-state index < -0.39 is 0 Å². The van der Waals surface area contributed by atoms with E-state index in [9.17, 15) is 4.79 Å². The third kappa shape index (κ3) is 3.26. The summed E-state index contributed by atoms with van der Waals surface area (Å²) >= 11 is 6.08. The van der Waals surface area contributed by atoms with Crippen LogP contribution in [0.1, 0.15) is 22.8 Å². The molecule has 0 aliphatic rings. The maximum Gasteiger partial charge on any atom is 0.161 e. The first-order valence-corrected chi connectivity index (χ1v) is 6.33. The Kier molecular flexibility index (Phi) is 4.07. The molecule has 2 aromatic carbocycles. The molecule has 19 heavy (non-hydrogen) atoms. The molecule has 3 N–H and O–H groups in total. The summed E-state index contributed by atoms with van der Waals surface area (Å²) in [7, 11) is 0. The zero-order valence-electron chi connectivity index (χ0n) is 10.6. The number of nitrogen functional groups attached to an aromatic ring is 1. The number of carbonyl (C=O) groups excluding carboxylic acids is 1. The van der Waals surface area contributed by atoms with Crippen molar-refractivity contribution in [2.24, 2.45) is 0 Å². The average Bonchev–Trinajstić information content (AvgIpc) is 2.39. The first kappa shape index (κ1) is 13.4. The topological polar surface area (TPSA) is 55.1 Å². The van der Waals surface area contributed by atoms with Crippen molar-refractivity contribution in [3.63, 3.8) is 0 Å². The Morgan fingerprint density at radius 3 is 2.68 bits per heavy atom. The minimum Gasteiger partial charge on any atom is -0.398 e. The summed E-state index contributed by atoms with van der Waals surface area (Å²) in [4.78, 5) is 11.4. The smallest absolute Gasteiger partial charge is 0.161 e. The van der Waals surface area contributed by atoms with E-state index in [4.69, 9.17) is 17.3 Å². The summed E-state index contributed by atoms with van der Waals surface area (Å²) in [5, 5.41) is 3.95. The minimum absolute atomic E-state index is 0.0427. The Morgan fingerprint density at radius 1 is 1.26 bits per heavy atom. The fourth-order valence-corrected chi connectivity index (χ4v) is 2.01. The zero-order valence-corrected chi connectivity index (χ0v) is 11.4. The van der Waals surface area contributed by atoms with Gasteiger partial charge in [-0.25, -0.2) is 0 Å². The van der Waals surface area contributed by atoms with Crippen LogP contribution in [0.2, 0.25) is 5.02 Å². The van der Waals surface area contributed by atoms with Crippen molar-refractivity contribution in [2.45, 2.75) is 13.5 Å². The van der Waals surface area contributed by atoms with Gasteiger partial charge in [-0.2, -0.15) is 0 Å². The standard InChI is InChI=1S/C15H15ClN2O/c1-10(19)13-8-12(6-7-15(13)17)18-9-11-4-2-3-5-14(11)16/h2-8,18H,9,17H2,1H3. The van der Waals surface area contributed by atoms with Crippen LogP contribution in [0.4, 0.5) is 11.4 Å². The molecule has 0 saturated heterocycles. The predicted molar refractivity (Wildman–Crippen MR) is 79.6 cm³/mol. The molecule has 98 valence electrons. The molecule has 0 heterocycles. The number of nitrogens with one attached hydrogen (secondary N) is 1. The number of ketones is 1. The van der Waals surface area contributed by atoms with Gasteiger partial charge >= 0.3 is 0 Å². The predicted octanol–water partition coefficient (Wildman–Crippen LogP) is 3.74. The third-order valence-corrected chi connectivity index (χ3v) is 3.24. The minimum atomic E-state index is -0.0427. The lowest BCUT2D eigenvalue weighted by atomic mass is 10.1. The van der Waals surface area contributed by atoms with E-state index in [1.807, 2.05) is 30.3 Å². The van der Waals surface area contributed by atoms with Crippen LogP contribution in [0.5, 0.6) is 0 Å². The Bertz CT molecular complexity index is 611. The van der Waals surface area contributed by atoms with Crippen LogP contribution in [0.25, 0.3) is 0 Å². The van der Waals surface area contributed by atoms with Crippen LogP contribution in [0.3, 0.4) is 0 Å². The zero-order chi connectivity index (χ0) is 13.8. The van der Waals surface area contributed by atoms with Crippen molar-refractivity contribution in [1.82, 2.24) is 0 Å². The summed E-state index contributed by atoms with van der Waals surface area (Å²) in [5.74, 6) is -0.0427. The molecule has 0 radical (unpaired) electrons. The second-order valence-electron chi connectivity index (χ2n) is 4.30. The van der Waals surface area contributed by atoms with Crippen molar-refractivity contribution < 1.29 is 4.79 Å². The van der Waals surface area contributed by atoms with E-state index in [0.29, 0.717) is 17.8 Å². The Morgan fingerprint density at radius 2 is 2.00 bits per heavy atom. The van der Waals surface area contributed by atoms with Crippen LogP contribution in [-0.2, 0) is 6.54 Å². The summed E-state index contributed by atoms with van der Waals surface area (Å²) in [5.41, 5.74) is 8.63. The highest BCUT2D eigenvalue weighted by Gasteiger charge is 2.06. The van der Waals surface area contributed by atoms with Gasteiger partial charge < -0.3 is 11.1 Å². The van der Waals surface area contributed by atoms with Gasteiger partial charge in [0.1, 0.15) is 0 Å². The number of rotatable bonds is 4. The van der Waals surface area contributed by atoms with Gasteiger partial charge in [-0.3, -0.25) is 4.79 Å². The van der Waals surface area contributed by atoms with Gasteiger partial charge in [0, 0.05) is 28.5 Å². The molecule has 2 aromatic rings. The number of halogens is 1. The lowest BCUT2D eigenvalue weighted by Gasteiger charge is -2.10. The second-order valence-corrected chi connectivity index (χ2v) is 4.71. The van der Waals surface area contributed by atoms with E-state index >= 15 is 0 Å². The number of hydrogen-bond donors (Lipinski definition) is 2. The molecule has 0 aliphatic carbocycles. The average molecular weight is 275 g/mol. The fourth-order valence-electron chi connectivity index (χ4n) is 1.81. The number of Topliss-reactive ketones (excluding diaryl/α,β-unsaturated/α-hetero) is 1. The largest absolute Gasteiger partial charge is 0.398 e. The number of carbonyl (C=O) groups is 1. The first-order chi connectivity index (χ1) is 9.08. The van der Waals surface area contributed by atoms with Crippen LogP contribution >= 0.6 is 11.6 Å². The van der Waals surface area contributed by atoms with Crippen molar-refractivity contribution in [2.75, 3.05) is 11.1 Å². The van der Waals surface area contributed by atoms with Crippen molar-refractivity contribution in [1.29, 1.82) is 0 Å². The lowest BCUT2D eigenvalue weighted by molar-refractivity contribution is 0.101. The van der Waals surface area contributed by atoms with Gasteiger partial charge in [-0.15, -0.1) is 0 Å². The number of nitrogens with two attached hydrogens (primary N) is 1. The maximum absolute atomic E-state index is 11.4. The Hall–Kier alpha value is -2.00. The molecule has 0 atom stereocenters. The van der Waals surface area contributed by atoms with Crippen LogP contribution < -0.4 is 11.1 Å². The molecular formula is C15H15ClN2O. The third-order valence-electron chi connectivity index (χ3n) is 2.87. The van der Waals surface area contributed by atoms with E-state index in [0.717, 1.165) is 16.3 Å². The number of anilines is 2. The molecule has 2 rings (SSSR count). The molecular weight excluding hydrogens is 260 g/mol. The van der Waals surface area contributed by atoms with E-state index in [2.05, 4.69) is 5.32 Å². The normalized spacial score (nSPS) is 10.2. The number of benzene rings is 2. The molecule has 3 nitrogen and oxygen atoms in total. The van der Waals surface area contributed by atoms with Gasteiger partial charge in [0.15, 0.2) is 5.78 Å². The monoisotopic (exact) mass is 274 g/mol. The highest BCUT2D eigenvalue weighted by atomic mass is 35.5. The molecule has 0 fully saturated rings.